The second kappa shape index (κ2) is 12.9. The van der Waals surface area contributed by atoms with Crippen molar-refractivity contribution in [3.63, 3.8) is 0 Å². The summed E-state index contributed by atoms with van der Waals surface area (Å²) in [6, 6.07) is 0. The molecule has 0 bridgehead atoms. The van der Waals surface area contributed by atoms with Crippen LogP contribution >= 0.6 is 9.69 Å². The van der Waals surface area contributed by atoms with Crippen molar-refractivity contribution in [2.75, 3.05) is 0 Å². The van der Waals surface area contributed by atoms with Gasteiger partial charge in [0.1, 0.15) is 0 Å². The Morgan fingerprint density at radius 2 is 1.06 bits per heavy atom. The fourth-order valence-electron chi connectivity index (χ4n) is 1.57. The molecule has 1 rings (SSSR count). The summed E-state index contributed by atoms with van der Waals surface area (Å²) in [4.78, 5) is 0. The van der Waals surface area contributed by atoms with Crippen LogP contribution in [0.4, 0.5) is 0 Å². The zero-order chi connectivity index (χ0) is 13.9. The number of halogens is 1. The van der Waals surface area contributed by atoms with Gasteiger partial charge >= 0.3 is 49.6 Å². The maximum atomic E-state index is 7.50. The summed E-state index contributed by atoms with van der Waals surface area (Å²) in [5.41, 5.74) is 6.11. The van der Waals surface area contributed by atoms with Crippen molar-refractivity contribution in [3.8, 4) is 0 Å². The molecule has 0 fully saturated rings. The van der Waals surface area contributed by atoms with Gasteiger partial charge in [0.15, 0.2) is 0 Å². The van der Waals surface area contributed by atoms with E-state index in [9.17, 15) is 0 Å². The monoisotopic (exact) mass is 329 g/mol. The maximum absolute atomic E-state index is 7.50. The van der Waals surface area contributed by atoms with Crippen LogP contribution in [-0.4, -0.2) is 0 Å². The molecule has 0 N–H and O–H groups in total. The Labute approximate surface area is 112 Å². The Hall–Kier alpha value is -0.127. The van der Waals surface area contributed by atoms with E-state index in [1.165, 1.54) is 11.1 Å². The molecule has 0 saturated carbocycles. The second-order valence-electron chi connectivity index (χ2n) is 3.34. The van der Waals surface area contributed by atoms with Crippen LogP contribution in [-0.2, 0) is 26.6 Å². The molecule has 0 heterocycles. The third kappa shape index (κ3) is 5.82. The summed E-state index contributed by atoms with van der Waals surface area (Å²) < 4.78 is 15.0. The van der Waals surface area contributed by atoms with Gasteiger partial charge in [-0.1, -0.05) is 18.1 Å². The molecule has 0 spiro atoms. The van der Waals surface area contributed by atoms with E-state index < -0.39 is 0 Å². The van der Waals surface area contributed by atoms with E-state index in [1.807, 2.05) is 17.3 Å². The van der Waals surface area contributed by atoms with Crippen molar-refractivity contribution in [3.05, 3.63) is 35.6 Å². The van der Waals surface area contributed by atoms with E-state index in [0.29, 0.717) is 5.92 Å². The molecule has 0 saturated heterocycles. The van der Waals surface area contributed by atoms with Crippen molar-refractivity contribution in [2.45, 2.75) is 34.6 Å². The van der Waals surface area contributed by atoms with E-state index in [2.05, 4.69) is 57.6 Å². The Morgan fingerprint density at radius 1 is 0.875 bits per heavy atom. The van der Waals surface area contributed by atoms with Gasteiger partial charge in [-0.25, -0.2) is 0 Å². The fraction of sp³-hybridized carbons (Fsp3) is 0.500. The van der Waals surface area contributed by atoms with Crippen LogP contribution in [0.15, 0.2) is 22.3 Å². The van der Waals surface area contributed by atoms with Gasteiger partial charge in [0.05, 0.1) is 0 Å². The zero-order valence-electron chi connectivity index (χ0n) is 10.1. The Kier molecular flexibility index (Phi) is 17.1. The van der Waals surface area contributed by atoms with Crippen molar-refractivity contribution in [1.82, 2.24) is 0 Å². The molecule has 16 heavy (non-hydrogen) atoms. The average molecular weight is 329 g/mol. The van der Waals surface area contributed by atoms with E-state index in [0.717, 1.165) is 0 Å². The summed E-state index contributed by atoms with van der Waals surface area (Å²) >= 11 is 1.82. The molecule has 0 atom stereocenters. The Bertz CT molecular complexity index is 271. The molecule has 0 aromatic rings. The van der Waals surface area contributed by atoms with Crippen LogP contribution in [0.25, 0.3) is 0 Å². The third-order valence-corrected chi connectivity index (χ3v) is 3.04. The molecule has 0 radical (unpaired) electrons. The van der Waals surface area contributed by atoms with Gasteiger partial charge in [0.25, 0.3) is 0 Å². The number of allylic oxidation sites excluding steroid dienone is 4. The van der Waals surface area contributed by atoms with Crippen LogP contribution in [0.3, 0.4) is 0 Å². The summed E-state index contributed by atoms with van der Waals surface area (Å²) in [6.45, 7) is 20.2. The summed E-state index contributed by atoms with van der Waals surface area (Å²) in [5.74, 6) is 0.694. The molecular formula is C12H16ClO2Ru. The predicted molar refractivity (Wildman–Crippen MR) is 59.6 cm³/mol. The minimum atomic E-state index is 0.694. The van der Waals surface area contributed by atoms with Crippen molar-refractivity contribution >= 4 is 9.69 Å². The molecule has 91 valence electrons. The normalized spacial score (nSPS) is 13.9. The predicted octanol–water partition coefficient (Wildman–Crippen LogP) is 3.92. The van der Waals surface area contributed by atoms with E-state index in [4.69, 9.17) is 9.30 Å². The van der Waals surface area contributed by atoms with Crippen molar-refractivity contribution in [1.29, 1.82) is 0 Å². The van der Waals surface area contributed by atoms with Crippen molar-refractivity contribution in [2.24, 2.45) is 5.92 Å². The first kappa shape index (κ1) is 21.2. The topological polar surface area (TPSA) is 39.8 Å². The SMILES string of the molecule is CC1=C(C)C(C)C(C)=C1C.[C-]#[O+].[C-]#[O+].[Cl][Ru]. The minimum absolute atomic E-state index is 0.694. The molecule has 1 aliphatic rings. The van der Waals surface area contributed by atoms with Crippen LogP contribution in [0.1, 0.15) is 34.6 Å². The van der Waals surface area contributed by atoms with Gasteiger partial charge < -0.3 is 0 Å². The summed E-state index contributed by atoms with van der Waals surface area (Å²) in [7, 11) is 4.57. The van der Waals surface area contributed by atoms with E-state index >= 15 is 0 Å². The molecule has 4 heteroatoms. The zero-order valence-corrected chi connectivity index (χ0v) is 12.6. The van der Waals surface area contributed by atoms with Crippen LogP contribution in [0, 0.1) is 19.2 Å². The molecule has 0 unspecified atom stereocenters. The van der Waals surface area contributed by atoms with Crippen LogP contribution in [0.2, 0.25) is 0 Å². The van der Waals surface area contributed by atoms with E-state index in [1.54, 1.807) is 11.1 Å². The third-order valence-electron chi connectivity index (χ3n) is 3.04. The average Bonchev–Trinajstić information content (AvgIpc) is 2.55. The first-order valence-corrected chi connectivity index (χ1v) is 6.68. The standard InChI is InChI=1S/C10H16.2CO.ClH.Ru/c1-6-7(2)9(4)10(5)8(6)3;2*1-2;;/h6H,1-5H3;;;1H;/q;;;;+1/p-1. The molecule has 0 aromatic heterocycles. The first-order chi connectivity index (χ1) is 7.55. The number of hydrogen-bond donors (Lipinski definition) is 0. The molecule has 0 amide bonds. The van der Waals surface area contributed by atoms with Crippen molar-refractivity contribution < 1.29 is 26.6 Å². The molecule has 0 aromatic carbocycles. The fourth-order valence-corrected chi connectivity index (χ4v) is 1.57. The molecule has 1 aliphatic carbocycles. The van der Waals surface area contributed by atoms with Gasteiger partial charge in [-0.05, 0) is 44.8 Å². The first-order valence-electron chi connectivity index (χ1n) is 4.45. The summed E-state index contributed by atoms with van der Waals surface area (Å²) in [5, 5.41) is 0. The Morgan fingerprint density at radius 3 is 1.12 bits per heavy atom. The van der Waals surface area contributed by atoms with Gasteiger partial charge in [-0.2, -0.15) is 0 Å². The van der Waals surface area contributed by atoms with Gasteiger partial charge in [0.2, 0.25) is 0 Å². The van der Waals surface area contributed by atoms with Gasteiger partial charge in [-0.15, -0.1) is 0 Å². The van der Waals surface area contributed by atoms with E-state index in [-0.39, 0.29) is 0 Å². The molecule has 2 nitrogen and oxygen atoms in total. The summed E-state index contributed by atoms with van der Waals surface area (Å²) in [6.07, 6.45) is 0. The Balaban J connectivity index is -0.000000245. The van der Waals surface area contributed by atoms with Gasteiger partial charge in [-0.3, -0.25) is 0 Å². The number of rotatable bonds is 0. The quantitative estimate of drug-likeness (QED) is 0.367. The van der Waals surface area contributed by atoms with Gasteiger partial charge in [0, 0.05) is 0 Å². The van der Waals surface area contributed by atoms with Crippen LogP contribution < -0.4 is 0 Å². The van der Waals surface area contributed by atoms with Crippen LogP contribution in [0.5, 0.6) is 0 Å². The molecular weight excluding hydrogens is 313 g/mol. The number of hydrogen-bond acceptors (Lipinski definition) is 0. The second-order valence-corrected chi connectivity index (χ2v) is 3.34. The molecule has 0 aliphatic heterocycles.